The zero-order valence-corrected chi connectivity index (χ0v) is 10.4. The van der Waals surface area contributed by atoms with E-state index in [0.29, 0.717) is 24.9 Å². The molecule has 0 spiro atoms. The molecule has 0 saturated heterocycles. The van der Waals surface area contributed by atoms with Crippen molar-refractivity contribution >= 4 is 11.9 Å². The number of rotatable bonds is 7. The number of hydrogen-bond acceptors (Lipinski definition) is 6. The molecule has 0 aliphatic carbocycles. The van der Waals surface area contributed by atoms with E-state index >= 15 is 0 Å². The molecular weight excluding hydrogens is 222 g/mol. The van der Waals surface area contributed by atoms with Crippen molar-refractivity contribution in [3.8, 4) is 0 Å². The van der Waals surface area contributed by atoms with Crippen LogP contribution >= 0.6 is 0 Å². The van der Waals surface area contributed by atoms with E-state index in [2.05, 4.69) is 26.1 Å². The van der Waals surface area contributed by atoms with Gasteiger partial charge in [0.25, 0.3) is 0 Å². The van der Waals surface area contributed by atoms with Crippen LogP contribution in [0.2, 0.25) is 0 Å². The Labute approximate surface area is 100 Å². The van der Waals surface area contributed by atoms with Crippen LogP contribution in [0.1, 0.15) is 32.2 Å². The Morgan fingerprint density at radius 1 is 1.47 bits per heavy atom. The Bertz CT molecular complexity index is 352. The van der Waals surface area contributed by atoms with Gasteiger partial charge in [0.1, 0.15) is 0 Å². The topological polar surface area (TPSA) is 92.1 Å². The zero-order valence-electron chi connectivity index (χ0n) is 10.4. The van der Waals surface area contributed by atoms with Gasteiger partial charge in [-0.05, 0) is 13.5 Å². The van der Waals surface area contributed by atoms with Gasteiger partial charge in [0, 0.05) is 20.0 Å². The summed E-state index contributed by atoms with van der Waals surface area (Å²) < 4.78 is 5.39. The second-order valence-corrected chi connectivity index (χ2v) is 3.57. The number of carbonyl (C=O) groups is 1. The molecule has 0 radical (unpaired) electrons. The summed E-state index contributed by atoms with van der Waals surface area (Å²) in [6, 6.07) is 0.371. The third-order valence-corrected chi connectivity index (χ3v) is 2.23. The molecule has 7 heteroatoms. The van der Waals surface area contributed by atoms with Gasteiger partial charge >= 0.3 is 6.01 Å². The molecule has 0 bridgehead atoms. The summed E-state index contributed by atoms with van der Waals surface area (Å²) in [5.41, 5.74) is 0. The first-order chi connectivity index (χ1) is 8.17. The number of nitrogens with one attached hydrogen (secondary N) is 3. The highest BCUT2D eigenvalue weighted by molar-refractivity contribution is 5.75. The third-order valence-electron chi connectivity index (χ3n) is 2.23. The van der Waals surface area contributed by atoms with Crippen molar-refractivity contribution in [2.45, 2.75) is 26.3 Å². The summed E-state index contributed by atoms with van der Waals surface area (Å²) in [7, 11) is 1.60. The lowest BCUT2D eigenvalue weighted by atomic mass is 10.3. The first kappa shape index (κ1) is 13.4. The number of hydrogen-bond donors (Lipinski definition) is 3. The van der Waals surface area contributed by atoms with Crippen LogP contribution in [-0.4, -0.2) is 36.2 Å². The summed E-state index contributed by atoms with van der Waals surface area (Å²) in [4.78, 5) is 11.0. The number of anilines is 1. The Morgan fingerprint density at radius 3 is 2.88 bits per heavy atom. The fourth-order valence-electron chi connectivity index (χ4n) is 1.28. The molecule has 3 N–H and O–H groups in total. The molecule has 0 aromatic carbocycles. The first-order valence-corrected chi connectivity index (χ1v) is 5.68. The maximum atomic E-state index is 11.0. The molecule has 0 fully saturated rings. The van der Waals surface area contributed by atoms with Gasteiger partial charge in [0.05, 0.1) is 6.04 Å². The largest absolute Gasteiger partial charge is 0.406 e. The number of amides is 1. The summed E-state index contributed by atoms with van der Waals surface area (Å²) in [6.45, 7) is 5.26. The monoisotopic (exact) mass is 241 g/mol. The van der Waals surface area contributed by atoms with Gasteiger partial charge in [-0.1, -0.05) is 12.0 Å². The van der Waals surface area contributed by atoms with Crippen LogP contribution in [0.5, 0.6) is 0 Å². The van der Waals surface area contributed by atoms with Crippen molar-refractivity contribution in [2.24, 2.45) is 0 Å². The van der Waals surface area contributed by atoms with E-state index in [1.54, 1.807) is 7.05 Å². The predicted molar refractivity (Wildman–Crippen MR) is 63.6 cm³/mol. The molecule has 1 atom stereocenters. The lowest BCUT2D eigenvalue weighted by Gasteiger charge is -2.05. The average molecular weight is 241 g/mol. The Kier molecular flexibility index (Phi) is 5.41. The minimum atomic E-state index is -0.0294. The molecular formula is C10H19N5O2. The lowest BCUT2D eigenvalue weighted by Crippen LogP contribution is -2.20. The van der Waals surface area contributed by atoms with E-state index in [0.717, 1.165) is 6.54 Å². The average Bonchev–Trinajstić information content (AvgIpc) is 2.78. The molecule has 7 nitrogen and oxygen atoms in total. The van der Waals surface area contributed by atoms with E-state index in [1.165, 1.54) is 0 Å². The van der Waals surface area contributed by atoms with Gasteiger partial charge in [0.15, 0.2) is 0 Å². The van der Waals surface area contributed by atoms with Crippen molar-refractivity contribution in [3.05, 3.63) is 5.89 Å². The van der Waals surface area contributed by atoms with Gasteiger partial charge < -0.3 is 20.4 Å². The molecule has 0 aliphatic rings. The number of aromatic nitrogens is 2. The zero-order chi connectivity index (χ0) is 12.7. The summed E-state index contributed by atoms with van der Waals surface area (Å²) in [5, 5.41) is 16.4. The molecule has 0 aliphatic heterocycles. The molecule has 0 saturated carbocycles. The normalized spacial score (nSPS) is 12.2. The van der Waals surface area contributed by atoms with Gasteiger partial charge in [-0.3, -0.25) is 4.79 Å². The van der Waals surface area contributed by atoms with Gasteiger partial charge in [-0.15, -0.1) is 5.10 Å². The summed E-state index contributed by atoms with van der Waals surface area (Å²) in [6.07, 6.45) is 0.372. The Hall–Kier alpha value is -1.63. The SMILES string of the molecule is CCNC(C)c1nnc(NCCC(=O)NC)o1. The molecule has 17 heavy (non-hydrogen) atoms. The van der Waals surface area contributed by atoms with E-state index in [4.69, 9.17) is 4.42 Å². The van der Waals surface area contributed by atoms with Crippen molar-refractivity contribution in [3.63, 3.8) is 0 Å². The standard InChI is InChI=1S/C10H19N5O2/c1-4-12-7(2)9-14-15-10(17-9)13-6-5-8(16)11-3/h7,12H,4-6H2,1-3H3,(H,11,16)(H,13,15). The van der Waals surface area contributed by atoms with E-state index < -0.39 is 0 Å². The van der Waals surface area contributed by atoms with Crippen LogP contribution in [0.15, 0.2) is 4.42 Å². The maximum absolute atomic E-state index is 11.0. The smallest absolute Gasteiger partial charge is 0.315 e. The molecule has 1 aromatic heterocycles. The fourth-order valence-corrected chi connectivity index (χ4v) is 1.28. The molecule has 1 aromatic rings. The van der Waals surface area contributed by atoms with Crippen LogP contribution in [0.4, 0.5) is 6.01 Å². The molecule has 1 rings (SSSR count). The second-order valence-electron chi connectivity index (χ2n) is 3.57. The van der Waals surface area contributed by atoms with Crippen molar-refractivity contribution < 1.29 is 9.21 Å². The minimum absolute atomic E-state index is 0.0294. The maximum Gasteiger partial charge on any atom is 0.315 e. The van der Waals surface area contributed by atoms with Crippen LogP contribution in [0.3, 0.4) is 0 Å². The van der Waals surface area contributed by atoms with E-state index in [9.17, 15) is 4.79 Å². The quantitative estimate of drug-likeness (QED) is 0.635. The highest BCUT2D eigenvalue weighted by atomic mass is 16.4. The van der Waals surface area contributed by atoms with E-state index in [-0.39, 0.29) is 11.9 Å². The Morgan fingerprint density at radius 2 is 2.24 bits per heavy atom. The van der Waals surface area contributed by atoms with Crippen LogP contribution in [-0.2, 0) is 4.79 Å². The Balaban J connectivity index is 2.38. The summed E-state index contributed by atoms with van der Waals surface area (Å²) >= 11 is 0. The molecule has 96 valence electrons. The van der Waals surface area contributed by atoms with Gasteiger partial charge in [0.2, 0.25) is 11.8 Å². The predicted octanol–water partition coefficient (Wildman–Crippen LogP) is 0.288. The van der Waals surface area contributed by atoms with Crippen molar-refractivity contribution in [1.29, 1.82) is 0 Å². The fraction of sp³-hybridized carbons (Fsp3) is 0.700. The van der Waals surface area contributed by atoms with Gasteiger partial charge in [-0.25, -0.2) is 0 Å². The second kappa shape index (κ2) is 6.85. The molecule has 1 unspecified atom stereocenters. The van der Waals surface area contributed by atoms with Crippen LogP contribution in [0.25, 0.3) is 0 Å². The minimum Gasteiger partial charge on any atom is -0.406 e. The highest BCUT2D eigenvalue weighted by Crippen LogP contribution is 2.12. The highest BCUT2D eigenvalue weighted by Gasteiger charge is 2.12. The van der Waals surface area contributed by atoms with Crippen molar-refractivity contribution in [2.75, 3.05) is 25.5 Å². The van der Waals surface area contributed by atoms with Gasteiger partial charge in [-0.2, -0.15) is 0 Å². The summed E-state index contributed by atoms with van der Waals surface area (Å²) in [5.74, 6) is 0.507. The van der Waals surface area contributed by atoms with Crippen LogP contribution < -0.4 is 16.0 Å². The lowest BCUT2D eigenvalue weighted by molar-refractivity contribution is -0.120. The third kappa shape index (κ3) is 4.39. The number of carbonyl (C=O) groups excluding carboxylic acids is 1. The van der Waals surface area contributed by atoms with Crippen LogP contribution in [0, 0.1) is 0 Å². The molecule has 1 heterocycles. The number of nitrogens with zero attached hydrogens (tertiary/aromatic N) is 2. The molecule has 1 amide bonds. The van der Waals surface area contributed by atoms with Crippen molar-refractivity contribution in [1.82, 2.24) is 20.8 Å². The first-order valence-electron chi connectivity index (χ1n) is 5.68. The van der Waals surface area contributed by atoms with E-state index in [1.807, 2.05) is 13.8 Å².